The first-order valence-electron chi connectivity index (χ1n) is 8.37. The number of carbonyl (C=O) groups is 1. The van der Waals surface area contributed by atoms with Crippen LogP contribution in [-0.2, 0) is 4.79 Å². The average molecular weight is 331 g/mol. The van der Waals surface area contributed by atoms with Crippen molar-refractivity contribution in [2.75, 3.05) is 0 Å². The summed E-state index contributed by atoms with van der Waals surface area (Å²) in [5.41, 5.74) is 6.02. The number of hydrogen-bond donors (Lipinski definition) is 1. The minimum Gasteiger partial charge on any atom is -0.364 e. The first-order chi connectivity index (χ1) is 12.1. The quantitative estimate of drug-likeness (QED) is 0.706. The highest BCUT2D eigenvalue weighted by Gasteiger charge is 2.27. The molecule has 0 aliphatic heterocycles. The summed E-state index contributed by atoms with van der Waals surface area (Å²) in [4.78, 5) is 15.2. The minimum absolute atomic E-state index is 0.0870. The van der Waals surface area contributed by atoms with E-state index in [4.69, 9.17) is 0 Å². The van der Waals surface area contributed by atoms with E-state index in [1.54, 1.807) is 19.1 Å². The summed E-state index contributed by atoms with van der Waals surface area (Å²) in [6, 6.07) is 17.0. The summed E-state index contributed by atoms with van der Waals surface area (Å²) in [6.45, 7) is 1.58. The molecule has 0 radical (unpaired) electrons. The summed E-state index contributed by atoms with van der Waals surface area (Å²) in [7, 11) is 0. The Morgan fingerprint density at radius 2 is 1.92 bits per heavy atom. The van der Waals surface area contributed by atoms with Gasteiger partial charge in [0.25, 0.3) is 0 Å². The fraction of sp³-hybridized carbons (Fsp3) is 0.136. The summed E-state index contributed by atoms with van der Waals surface area (Å²) < 4.78 is 13.9. The normalized spacial score (nSPS) is 15.8. The molecular formula is C22H18FNO. The van der Waals surface area contributed by atoms with Gasteiger partial charge in [0.1, 0.15) is 11.6 Å². The zero-order valence-corrected chi connectivity index (χ0v) is 13.9. The zero-order valence-electron chi connectivity index (χ0n) is 13.9. The Hall–Kier alpha value is -2.94. The van der Waals surface area contributed by atoms with Crippen LogP contribution in [0.3, 0.4) is 0 Å². The highest BCUT2D eigenvalue weighted by molar-refractivity contribution is 5.94. The highest BCUT2D eigenvalue weighted by Crippen LogP contribution is 2.41. The lowest BCUT2D eigenvalue weighted by Crippen LogP contribution is -2.09. The van der Waals surface area contributed by atoms with E-state index < -0.39 is 0 Å². The smallest absolute Gasteiger partial charge is 0.130 e. The Bertz CT molecular complexity index is 969. The zero-order chi connectivity index (χ0) is 17.4. The highest BCUT2D eigenvalue weighted by atomic mass is 19.1. The monoisotopic (exact) mass is 331 g/mol. The van der Waals surface area contributed by atoms with E-state index in [2.05, 4.69) is 23.2 Å². The Kier molecular flexibility index (Phi) is 3.85. The third-order valence-corrected chi connectivity index (χ3v) is 4.72. The van der Waals surface area contributed by atoms with E-state index in [1.807, 2.05) is 30.5 Å². The first-order valence-corrected chi connectivity index (χ1v) is 8.37. The Morgan fingerprint density at radius 1 is 1.12 bits per heavy atom. The third kappa shape index (κ3) is 2.82. The molecule has 3 aromatic rings. The summed E-state index contributed by atoms with van der Waals surface area (Å²) >= 11 is 0. The molecule has 124 valence electrons. The molecule has 0 saturated carbocycles. The van der Waals surface area contributed by atoms with E-state index in [-0.39, 0.29) is 17.5 Å². The van der Waals surface area contributed by atoms with E-state index in [9.17, 15) is 9.18 Å². The SMILES string of the molecule is CC(=O)C[C@@H]1c2cc(F)ccc2C=C(c2ccccc2)c2cc[nH]c21. The predicted molar refractivity (Wildman–Crippen MR) is 97.7 cm³/mol. The molecule has 0 fully saturated rings. The fourth-order valence-corrected chi connectivity index (χ4v) is 3.63. The molecule has 2 aromatic carbocycles. The van der Waals surface area contributed by atoms with Crippen molar-refractivity contribution in [3.63, 3.8) is 0 Å². The standard InChI is InChI=1S/C22H18FNO/c1-14(25)11-21-20-13-17(23)8-7-16(20)12-19(15-5-3-2-4-6-15)18-9-10-24-22(18)21/h2-10,12-13,21,24H,11H2,1H3/t21-/m1/s1. The Morgan fingerprint density at radius 3 is 2.68 bits per heavy atom. The number of ketones is 1. The van der Waals surface area contributed by atoms with Crippen LogP contribution < -0.4 is 0 Å². The van der Waals surface area contributed by atoms with Crippen LogP contribution in [0.15, 0.2) is 60.8 Å². The van der Waals surface area contributed by atoms with Crippen molar-refractivity contribution in [3.05, 3.63) is 94.6 Å². The molecule has 2 nitrogen and oxygen atoms in total. The number of H-pyrrole nitrogens is 1. The molecule has 3 heteroatoms. The van der Waals surface area contributed by atoms with Gasteiger partial charge in [-0.1, -0.05) is 36.4 Å². The van der Waals surface area contributed by atoms with Crippen molar-refractivity contribution in [1.29, 1.82) is 0 Å². The topological polar surface area (TPSA) is 32.9 Å². The van der Waals surface area contributed by atoms with Crippen LogP contribution in [0.5, 0.6) is 0 Å². The van der Waals surface area contributed by atoms with Crippen molar-refractivity contribution in [3.8, 4) is 0 Å². The molecular weight excluding hydrogens is 313 g/mol. The van der Waals surface area contributed by atoms with Crippen LogP contribution >= 0.6 is 0 Å². The average Bonchev–Trinajstić information content (AvgIpc) is 3.04. The molecule has 25 heavy (non-hydrogen) atoms. The van der Waals surface area contributed by atoms with Gasteiger partial charge in [-0.05, 0) is 53.5 Å². The second kappa shape index (κ2) is 6.17. The number of fused-ring (bicyclic) bond motifs is 2. The van der Waals surface area contributed by atoms with Crippen molar-refractivity contribution < 1.29 is 9.18 Å². The second-order valence-electron chi connectivity index (χ2n) is 6.46. The largest absolute Gasteiger partial charge is 0.364 e. The number of aromatic amines is 1. The number of hydrogen-bond acceptors (Lipinski definition) is 1. The van der Waals surface area contributed by atoms with Gasteiger partial charge in [0.15, 0.2) is 0 Å². The third-order valence-electron chi connectivity index (χ3n) is 4.72. The molecule has 1 atom stereocenters. The van der Waals surface area contributed by atoms with Gasteiger partial charge in [-0.25, -0.2) is 4.39 Å². The van der Waals surface area contributed by atoms with Crippen LogP contribution in [0, 0.1) is 5.82 Å². The number of aromatic nitrogens is 1. The van der Waals surface area contributed by atoms with Crippen molar-refractivity contribution in [2.24, 2.45) is 0 Å². The number of carbonyl (C=O) groups excluding carboxylic acids is 1. The van der Waals surface area contributed by atoms with Gasteiger partial charge in [-0.3, -0.25) is 4.79 Å². The number of halogens is 1. The summed E-state index contributed by atoms with van der Waals surface area (Å²) in [5.74, 6) is -0.369. The molecule has 1 aliphatic rings. The van der Waals surface area contributed by atoms with Gasteiger partial charge >= 0.3 is 0 Å². The van der Waals surface area contributed by atoms with Crippen molar-refractivity contribution in [2.45, 2.75) is 19.3 Å². The van der Waals surface area contributed by atoms with Crippen LogP contribution in [0.2, 0.25) is 0 Å². The van der Waals surface area contributed by atoms with Crippen LogP contribution in [0.25, 0.3) is 11.6 Å². The van der Waals surface area contributed by atoms with Crippen LogP contribution in [0.1, 0.15) is 47.2 Å². The Labute approximate surface area is 146 Å². The molecule has 0 unspecified atom stereocenters. The van der Waals surface area contributed by atoms with E-state index in [0.29, 0.717) is 6.42 Å². The molecule has 1 N–H and O–H groups in total. The fourth-order valence-electron chi connectivity index (χ4n) is 3.63. The van der Waals surface area contributed by atoms with Gasteiger partial charge in [-0.15, -0.1) is 0 Å². The molecule has 1 aliphatic carbocycles. The van der Waals surface area contributed by atoms with Crippen LogP contribution in [-0.4, -0.2) is 10.8 Å². The number of rotatable bonds is 3. The maximum absolute atomic E-state index is 13.9. The lowest BCUT2D eigenvalue weighted by molar-refractivity contribution is -0.117. The van der Waals surface area contributed by atoms with Crippen molar-refractivity contribution in [1.82, 2.24) is 4.98 Å². The van der Waals surface area contributed by atoms with E-state index in [1.165, 1.54) is 6.07 Å². The molecule has 0 bridgehead atoms. The molecule has 1 aromatic heterocycles. The predicted octanol–water partition coefficient (Wildman–Crippen LogP) is 5.17. The van der Waals surface area contributed by atoms with E-state index >= 15 is 0 Å². The molecule has 1 heterocycles. The maximum atomic E-state index is 13.9. The van der Waals surface area contributed by atoms with Crippen molar-refractivity contribution >= 4 is 17.4 Å². The molecule has 0 amide bonds. The second-order valence-corrected chi connectivity index (χ2v) is 6.46. The van der Waals surface area contributed by atoms with Gasteiger partial charge in [0.2, 0.25) is 0 Å². The number of nitrogens with one attached hydrogen (secondary N) is 1. The van der Waals surface area contributed by atoms with Gasteiger partial charge < -0.3 is 4.98 Å². The van der Waals surface area contributed by atoms with Gasteiger partial charge in [0, 0.05) is 29.8 Å². The molecule has 0 spiro atoms. The number of benzene rings is 2. The number of Topliss-reactive ketones (excluding diaryl/α,β-unsaturated/α-hetero) is 1. The lowest BCUT2D eigenvalue weighted by Gasteiger charge is -2.17. The summed E-state index contributed by atoms with van der Waals surface area (Å²) in [6.07, 6.45) is 4.33. The molecule has 0 saturated heterocycles. The lowest BCUT2D eigenvalue weighted by atomic mass is 9.87. The van der Waals surface area contributed by atoms with Crippen LogP contribution in [0.4, 0.5) is 4.39 Å². The maximum Gasteiger partial charge on any atom is 0.130 e. The Balaban J connectivity index is 1.99. The molecule has 4 rings (SSSR count). The van der Waals surface area contributed by atoms with E-state index in [0.717, 1.165) is 33.5 Å². The minimum atomic E-state index is -0.281. The van der Waals surface area contributed by atoms with Gasteiger partial charge in [0.05, 0.1) is 0 Å². The van der Waals surface area contributed by atoms with Gasteiger partial charge in [-0.2, -0.15) is 0 Å². The summed E-state index contributed by atoms with van der Waals surface area (Å²) in [5, 5.41) is 0. The first kappa shape index (κ1) is 15.6.